The highest BCUT2D eigenvalue weighted by molar-refractivity contribution is 5.75. The lowest BCUT2D eigenvalue weighted by atomic mass is 10.1. The number of nitrogens with two attached hydrogens (primary N) is 1. The molecule has 0 aliphatic heterocycles. The largest absolute Gasteiger partial charge is 0.497 e. The Morgan fingerprint density at radius 2 is 1.86 bits per heavy atom. The van der Waals surface area contributed by atoms with Gasteiger partial charge in [-0.25, -0.2) is 0 Å². The van der Waals surface area contributed by atoms with Crippen LogP contribution in [0, 0.1) is 6.92 Å². The lowest BCUT2D eigenvalue weighted by Gasteiger charge is -2.10. The molecule has 0 amide bonds. The summed E-state index contributed by atoms with van der Waals surface area (Å²) in [4.78, 5) is 0. The summed E-state index contributed by atoms with van der Waals surface area (Å²) in [6, 6.07) is 13.3. The predicted octanol–water partition coefficient (Wildman–Crippen LogP) is 2.23. The third kappa shape index (κ3) is 2.31. The van der Waals surface area contributed by atoms with Crippen LogP contribution in [0.3, 0.4) is 0 Å². The van der Waals surface area contributed by atoms with Crippen molar-refractivity contribution in [3.05, 3.63) is 48.0 Å². The fraction of sp³-hybridized carbons (Fsp3) is 0.133. The van der Waals surface area contributed by atoms with E-state index in [2.05, 4.69) is 15.5 Å². The number of rotatable bonds is 3. The second-order valence-corrected chi connectivity index (χ2v) is 4.65. The van der Waals surface area contributed by atoms with E-state index in [0.717, 1.165) is 22.6 Å². The Morgan fingerprint density at radius 3 is 2.52 bits per heavy atom. The van der Waals surface area contributed by atoms with E-state index in [1.165, 1.54) is 0 Å². The van der Waals surface area contributed by atoms with Crippen molar-refractivity contribution in [3.63, 3.8) is 0 Å². The zero-order valence-corrected chi connectivity index (χ0v) is 11.8. The van der Waals surface area contributed by atoms with Crippen LogP contribution in [-0.4, -0.2) is 27.3 Å². The van der Waals surface area contributed by atoms with Gasteiger partial charge < -0.3 is 10.5 Å². The lowest BCUT2D eigenvalue weighted by molar-refractivity contribution is 0.414. The second-order valence-electron chi connectivity index (χ2n) is 4.65. The summed E-state index contributed by atoms with van der Waals surface area (Å²) in [5, 5.41) is 12.0. The van der Waals surface area contributed by atoms with E-state index in [4.69, 9.17) is 10.5 Å². The Balaban J connectivity index is 2.12. The van der Waals surface area contributed by atoms with E-state index in [-0.39, 0.29) is 0 Å². The molecule has 0 bridgehead atoms. The maximum absolute atomic E-state index is 6.08. The molecule has 2 aromatic carbocycles. The van der Waals surface area contributed by atoms with Crippen LogP contribution in [0.5, 0.6) is 5.75 Å². The Kier molecular flexibility index (Phi) is 3.27. The standard InChI is InChI=1S/C15H15N5O/c1-10-4-3-5-13(16)14(10)15-17-18-19-20(15)11-6-8-12(21-2)9-7-11/h3-9H,16H2,1-2H3. The summed E-state index contributed by atoms with van der Waals surface area (Å²) >= 11 is 0. The van der Waals surface area contributed by atoms with Gasteiger partial charge in [0.2, 0.25) is 0 Å². The third-order valence-corrected chi connectivity index (χ3v) is 3.32. The molecule has 6 nitrogen and oxygen atoms in total. The number of nitrogen functional groups attached to an aromatic ring is 1. The van der Waals surface area contributed by atoms with Crippen LogP contribution < -0.4 is 10.5 Å². The summed E-state index contributed by atoms with van der Waals surface area (Å²) in [5.74, 6) is 1.40. The highest BCUT2D eigenvalue weighted by Crippen LogP contribution is 2.28. The molecule has 106 valence electrons. The van der Waals surface area contributed by atoms with Crippen LogP contribution in [-0.2, 0) is 0 Å². The number of aryl methyl sites for hydroxylation is 1. The van der Waals surface area contributed by atoms with Crippen molar-refractivity contribution >= 4 is 5.69 Å². The molecule has 0 aliphatic rings. The van der Waals surface area contributed by atoms with E-state index in [1.54, 1.807) is 11.8 Å². The van der Waals surface area contributed by atoms with Crippen LogP contribution in [0.15, 0.2) is 42.5 Å². The molecule has 1 aromatic heterocycles. The van der Waals surface area contributed by atoms with Gasteiger partial charge in [-0.2, -0.15) is 4.68 Å². The number of nitrogens with zero attached hydrogens (tertiary/aromatic N) is 4. The first kappa shape index (κ1) is 13.1. The molecule has 0 radical (unpaired) electrons. The Hall–Kier alpha value is -2.89. The third-order valence-electron chi connectivity index (χ3n) is 3.32. The fourth-order valence-corrected chi connectivity index (χ4v) is 2.24. The molecule has 0 fully saturated rings. The number of methoxy groups -OCH3 is 1. The summed E-state index contributed by atoms with van der Waals surface area (Å²) in [6.07, 6.45) is 0. The summed E-state index contributed by atoms with van der Waals surface area (Å²) < 4.78 is 6.82. The van der Waals surface area contributed by atoms with Gasteiger partial charge in [0, 0.05) is 11.3 Å². The van der Waals surface area contributed by atoms with E-state index in [1.807, 2.05) is 49.4 Å². The minimum absolute atomic E-state index is 0.621. The minimum Gasteiger partial charge on any atom is -0.497 e. The first-order chi connectivity index (χ1) is 10.2. The number of benzene rings is 2. The molecule has 3 aromatic rings. The van der Waals surface area contributed by atoms with Crippen LogP contribution >= 0.6 is 0 Å². The Morgan fingerprint density at radius 1 is 1.10 bits per heavy atom. The maximum atomic E-state index is 6.08. The monoisotopic (exact) mass is 281 g/mol. The van der Waals surface area contributed by atoms with Crippen molar-refractivity contribution < 1.29 is 4.74 Å². The van der Waals surface area contributed by atoms with Crippen LogP contribution in [0.25, 0.3) is 17.1 Å². The normalized spacial score (nSPS) is 10.6. The number of anilines is 1. The van der Waals surface area contributed by atoms with Gasteiger partial charge in [-0.1, -0.05) is 12.1 Å². The molecular weight excluding hydrogens is 266 g/mol. The first-order valence-electron chi connectivity index (χ1n) is 6.49. The smallest absolute Gasteiger partial charge is 0.189 e. The Bertz CT molecular complexity index is 744. The highest BCUT2D eigenvalue weighted by atomic mass is 16.5. The quantitative estimate of drug-likeness (QED) is 0.745. The number of hydrogen-bond donors (Lipinski definition) is 1. The van der Waals surface area contributed by atoms with Crippen molar-refractivity contribution in [1.29, 1.82) is 0 Å². The van der Waals surface area contributed by atoms with Gasteiger partial charge >= 0.3 is 0 Å². The van der Waals surface area contributed by atoms with Crippen LogP contribution in [0.2, 0.25) is 0 Å². The van der Waals surface area contributed by atoms with E-state index in [0.29, 0.717) is 11.5 Å². The number of aromatic nitrogens is 4. The Labute approximate surface area is 122 Å². The summed E-state index contributed by atoms with van der Waals surface area (Å²) in [6.45, 7) is 1.98. The van der Waals surface area contributed by atoms with Crippen LogP contribution in [0.4, 0.5) is 5.69 Å². The molecule has 0 spiro atoms. The number of hydrogen-bond acceptors (Lipinski definition) is 5. The van der Waals surface area contributed by atoms with Crippen molar-refractivity contribution in [2.75, 3.05) is 12.8 Å². The van der Waals surface area contributed by atoms with Gasteiger partial charge in [0.05, 0.1) is 12.8 Å². The average Bonchev–Trinajstić information content (AvgIpc) is 2.96. The SMILES string of the molecule is COc1ccc(-n2nnnc2-c2c(C)cccc2N)cc1. The van der Waals surface area contributed by atoms with E-state index in [9.17, 15) is 0 Å². The second kappa shape index (κ2) is 5.24. The molecule has 0 aliphatic carbocycles. The molecule has 21 heavy (non-hydrogen) atoms. The molecule has 0 saturated heterocycles. The van der Waals surface area contributed by atoms with E-state index >= 15 is 0 Å². The molecule has 0 unspecified atom stereocenters. The highest BCUT2D eigenvalue weighted by Gasteiger charge is 2.15. The fourth-order valence-electron chi connectivity index (χ4n) is 2.24. The molecule has 6 heteroatoms. The zero-order chi connectivity index (χ0) is 14.8. The molecule has 2 N–H and O–H groups in total. The predicted molar refractivity (Wildman–Crippen MR) is 80.3 cm³/mol. The average molecular weight is 281 g/mol. The van der Waals surface area contributed by atoms with Crippen molar-refractivity contribution in [2.24, 2.45) is 0 Å². The van der Waals surface area contributed by atoms with Gasteiger partial charge in [0.25, 0.3) is 0 Å². The first-order valence-corrected chi connectivity index (χ1v) is 6.49. The van der Waals surface area contributed by atoms with Gasteiger partial charge in [-0.15, -0.1) is 5.10 Å². The van der Waals surface area contributed by atoms with Crippen molar-refractivity contribution in [2.45, 2.75) is 6.92 Å². The van der Waals surface area contributed by atoms with Crippen molar-refractivity contribution in [3.8, 4) is 22.8 Å². The van der Waals surface area contributed by atoms with Gasteiger partial charge in [-0.3, -0.25) is 0 Å². The summed E-state index contributed by atoms with van der Waals surface area (Å²) in [5.41, 5.74) is 9.45. The van der Waals surface area contributed by atoms with Gasteiger partial charge in [0.15, 0.2) is 5.82 Å². The minimum atomic E-state index is 0.621. The topological polar surface area (TPSA) is 78.8 Å². The maximum Gasteiger partial charge on any atom is 0.189 e. The number of ether oxygens (including phenoxy) is 1. The van der Waals surface area contributed by atoms with Crippen molar-refractivity contribution in [1.82, 2.24) is 20.2 Å². The molecular formula is C15H15N5O. The van der Waals surface area contributed by atoms with Crippen LogP contribution in [0.1, 0.15) is 5.56 Å². The molecule has 0 saturated carbocycles. The zero-order valence-electron chi connectivity index (χ0n) is 11.8. The lowest BCUT2D eigenvalue weighted by Crippen LogP contribution is -2.03. The number of tetrazole rings is 1. The van der Waals surface area contributed by atoms with Gasteiger partial charge in [0.1, 0.15) is 5.75 Å². The molecule has 0 atom stereocenters. The molecule has 3 rings (SSSR count). The summed E-state index contributed by atoms with van der Waals surface area (Å²) in [7, 11) is 1.63. The molecule has 1 heterocycles. The van der Waals surface area contributed by atoms with E-state index < -0.39 is 0 Å². The van der Waals surface area contributed by atoms with Gasteiger partial charge in [-0.05, 0) is 53.2 Å².